The first kappa shape index (κ1) is 17.6. The summed E-state index contributed by atoms with van der Waals surface area (Å²) in [4.78, 5) is 13.4. The van der Waals surface area contributed by atoms with Gasteiger partial charge in [-0.15, -0.1) is 24.2 Å². The van der Waals surface area contributed by atoms with Crippen molar-refractivity contribution in [2.24, 2.45) is 5.92 Å². The third-order valence-corrected chi connectivity index (χ3v) is 4.62. The minimum absolute atomic E-state index is 0. The molecule has 1 heterocycles. The Bertz CT molecular complexity index is 470. The summed E-state index contributed by atoms with van der Waals surface area (Å²) >= 11 is 7.72. The first-order valence-corrected chi connectivity index (χ1v) is 8.07. The van der Waals surface area contributed by atoms with Gasteiger partial charge in [-0.3, -0.25) is 4.79 Å². The second-order valence-electron chi connectivity index (χ2n) is 4.90. The number of amides is 1. The molecule has 1 saturated heterocycles. The van der Waals surface area contributed by atoms with Gasteiger partial charge in [-0.25, -0.2) is 0 Å². The Hall–Kier alpha value is -0.420. The van der Waals surface area contributed by atoms with Gasteiger partial charge in [-0.05, 0) is 43.3 Å². The van der Waals surface area contributed by atoms with Crippen molar-refractivity contribution in [2.75, 3.05) is 19.3 Å². The van der Waals surface area contributed by atoms with Crippen molar-refractivity contribution in [2.45, 2.75) is 24.3 Å². The highest BCUT2D eigenvalue weighted by molar-refractivity contribution is 7.98. The highest BCUT2D eigenvalue weighted by Crippen LogP contribution is 2.23. The van der Waals surface area contributed by atoms with Crippen LogP contribution in [0.3, 0.4) is 0 Å². The number of nitrogens with one attached hydrogen (secondary N) is 2. The summed E-state index contributed by atoms with van der Waals surface area (Å²) in [5, 5.41) is 6.90. The molecule has 1 aliphatic heterocycles. The zero-order valence-corrected chi connectivity index (χ0v) is 14.0. The lowest BCUT2D eigenvalue weighted by Gasteiger charge is -2.30. The van der Waals surface area contributed by atoms with Gasteiger partial charge in [-0.1, -0.05) is 18.5 Å². The summed E-state index contributed by atoms with van der Waals surface area (Å²) in [5.74, 6) is 0.411. The molecular weight excluding hydrogens is 315 g/mol. The van der Waals surface area contributed by atoms with E-state index >= 15 is 0 Å². The highest BCUT2D eigenvalue weighted by atomic mass is 35.5. The molecule has 0 aliphatic carbocycles. The summed E-state index contributed by atoms with van der Waals surface area (Å²) in [6.45, 7) is 4.02. The van der Waals surface area contributed by atoms with Crippen molar-refractivity contribution < 1.29 is 4.79 Å². The molecule has 1 amide bonds. The number of hydrogen-bond acceptors (Lipinski definition) is 3. The molecular formula is C14H20Cl2N2OS. The lowest BCUT2D eigenvalue weighted by Crippen LogP contribution is -2.50. The van der Waals surface area contributed by atoms with E-state index < -0.39 is 0 Å². The Balaban J connectivity index is 0.00000200. The van der Waals surface area contributed by atoms with E-state index in [1.54, 1.807) is 17.8 Å². The minimum atomic E-state index is -0.0820. The van der Waals surface area contributed by atoms with Gasteiger partial charge in [0.1, 0.15) is 0 Å². The van der Waals surface area contributed by atoms with Crippen molar-refractivity contribution in [1.29, 1.82) is 0 Å². The first-order chi connectivity index (χ1) is 9.11. The maximum Gasteiger partial charge on any atom is 0.253 e. The van der Waals surface area contributed by atoms with E-state index in [0.29, 0.717) is 16.5 Å². The molecule has 1 aromatic rings. The molecule has 2 unspecified atom stereocenters. The number of rotatable bonds is 3. The fourth-order valence-corrected chi connectivity index (χ4v) is 2.88. The molecule has 0 aromatic heterocycles. The number of carbonyl (C=O) groups is 1. The van der Waals surface area contributed by atoms with E-state index in [2.05, 4.69) is 17.6 Å². The average molecular weight is 335 g/mol. The Morgan fingerprint density at radius 1 is 1.50 bits per heavy atom. The predicted molar refractivity (Wildman–Crippen MR) is 88.4 cm³/mol. The lowest BCUT2D eigenvalue weighted by molar-refractivity contribution is 0.0915. The van der Waals surface area contributed by atoms with Gasteiger partial charge in [0, 0.05) is 17.5 Å². The molecule has 20 heavy (non-hydrogen) atoms. The summed E-state index contributed by atoms with van der Waals surface area (Å²) in [5.41, 5.74) is 0.561. The first-order valence-electron chi connectivity index (χ1n) is 6.47. The minimum Gasteiger partial charge on any atom is -0.348 e. The topological polar surface area (TPSA) is 41.1 Å². The molecule has 2 atom stereocenters. The Labute approximate surface area is 135 Å². The summed E-state index contributed by atoms with van der Waals surface area (Å²) < 4.78 is 0. The second-order valence-corrected chi connectivity index (χ2v) is 6.18. The van der Waals surface area contributed by atoms with E-state index in [1.807, 2.05) is 18.4 Å². The summed E-state index contributed by atoms with van der Waals surface area (Å²) in [6, 6.07) is 5.73. The maximum atomic E-state index is 12.3. The number of carbonyl (C=O) groups excluding carboxylic acids is 1. The average Bonchev–Trinajstić information content (AvgIpc) is 2.42. The third kappa shape index (κ3) is 4.29. The van der Waals surface area contributed by atoms with Crippen LogP contribution in [0.15, 0.2) is 23.1 Å². The second kappa shape index (κ2) is 8.13. The molecule has 0 spiro atoms. The number of piperidine rings is 1. The standard InChI is InChI=1S/C14H19ClN2OS.ClH/c1-9-5-6-16-8-13(9)17-14(18)11-7-10(19-2)3-4-12(11)15;/h3-4,7,9,13,16H,5-6,8H2,1-2H3,(H,17,18);1H. The SMILES string of the molecule is CSc1ccc(Cl)c(C(=O)NC2CNCCC2C)c1.Cl. The zero-order valence-electron chi connectivity index (χ0n) is 11.6. The largest absolute Gasteiger partial charge is 0.348 e. The van der Waals surface area contributed by atoms with Gasteiger partial charge in [0.15, 0.2) is 0 Å². The quantitative estimate of drug-likeness (QED) is 0.834. The van der Waals surface area contributed by atoms with Crippen LogP contribution in [-0.4, -0.2) is 31.3 Å². The van der Waals surface area contributed by atoms with Crippen molar-refractivity contribution in [3.8, 4) is 0 Å². The van der Waals surface area contributed by atoms with Gasteiger partial charge >= 0.3 is 0 Å². The van der Waals surface area contributed by atoms with Crippen molar-refractivity contribution >= 4 is 41.7 Å². The third-order valence-electron chi connectivity index (χ3n) is 3.56. The molecule has 1 fully saturated rings. The van der Waals surface area contributed by atoms with Crippen molar-refractivity contribution in [1.82, 2.24) is 10.6 Å². The van der Waals surface area contributed by atoms with Crippen LogP contribution in [0.5, 0.6) is 0 Å². The monoisotopic (exact) mass is 334 g/mol. The Morgan fingerprint density at radius 3 is 2.90 bits per heavy atom. The van der Waals surface area contributed by atoms with Gasteiger partial charge in [0.25, 0.3) is 5.91 Å². The number of hydrogen-bond donors (Lipinski definition) is 2. The van der Waals surface area contributed by atoms with Gasteiger partial charge in [-0.2, -0.15) is 0 Å². The molecule has 0 saturated carbocycles. The van der Waals surface area contributed by atoms with Gasteiger partial charge in [0.2, 0.25) is 0 Å². The number of benzene rings is 1. The molecule has 2 rings (SSSR count). The van der Waals surface area contributed by atoms with Crippen LogP contribution in [-0.2, 0) is 0 Å². The van der Waals surface area contributed by atoms with Crippen LogP contribution < -0.4 is 10.6 Å². The zero-order chi connectivity index (χ0) is 13.8. The summed E-state index contributed by atoms with van der Waals surface area (Å²) in [6.07, 6.45) is 3.07. The molecule has 2 N–H and O–H groups in total. The van der Waals surface area contributed by atoms with Crippen LogP contribution in [0.1, 0.15) is 23.7 Å². The molecule has 1 aromatic carbocycles. The number of thioether (sulfide) groups is 1. The number of halogens is 2. The Kier molecular flexibility index (Phi) is 7.17. The van der Waals surface area contributed by atoms with Crippen molar-refractivity contribution in [3.63, 3.8) is 0 Å². The van der Waals surface area contributed by atoms with Crippen LogP contribution in [0.2, 0.25) is 5.02 Å². The smallest absolute Gasteiger partial charge is 0.253 e. The van der Waals surface area contributed by atoms with Gasteiger partial charge < -0.3 is 10.6 Å². The van der Waals surface area contributed by atoms with Crippen LogP contribution in [0.25, 0.3) is 0 Å². The van der Waals surface area contributed by atoms with E-state index in [1.165, 1.54) is 0 Å². The van der Waals surface area contributed by atoms with E-state index in [-0.39, 0.29) is 24.4 Å². The van der Waals surface area contributed by atoms with Gasteiger partial charge in [0.05, 0.1) is 10.6 Å². The molecule has 0 bridgehead atoms. The van der Waals surface area contributed by atoms with Crippen LogP contribution >= 0.6 is 35.8 Å². The molecule has 0 radical (unpaired) electrons. The highest BCUT2D eigenvalue weighted by Gasteiger charge is 2.23. The summed E-state index contributed by atoms with van der Waals surface area (Å²) in [7, 11) is 0. The predicted octanol–water partition coefficient (Wildman–Crippen LogP) is 3.21. The lowest BCUT2D eigenvalue weighted by atomic mass is 9.94. The van der Waals surface area contributed by atoms with Crippen molar-refractivity contribution in [3.05, 3.63) is 28.8 Å². The van der Waals surface area contributed by atoms with E-state index in [4.69, 9.17) is 11.6 Å². The molecule has 1 aliphatic rings. The normalized spacial score (nSPS) is 21.9. The Morgan fingerprint density at radius 2 is 2.25 bits per heavy atom. The fraction of sp³-hybridized carbons (Fsp3) is 0.500. The van der Waals surface area contributed by atoms with Crippen LogP contribution in [0.4, 0.5) is 0 Å². The van der Waals surface area contributed by atoms with E-state index in [9.17, 15) is 4.79 Å². The fourth-order valence-electron chi connectivity index (χ4n) is 2.23. The van der Waals surface area contributed by atoms with E-state index in [0.717, 1.165) is 24.4 Å². The molecule has 112 valence electrons. The van der Waals surface area contributed by atoms with Crippen LogP contribution in [0, 0.1) is 5.92 Å². The molecule has 6 heteroatoms. The molecule has 3 nitrogen and oxygen atoms in total. The maximum absolute atomic E-state index is 12.3.